The van der Waals surface area contributed by atoms with Gasteiger partial charge in [0.05, 0.1) is 7.11 Å². The van der Waals surface area contributed by atoms with Gasteiger partial charge in [0.2, 0.25) is 11.8 Å². The van der Waals surface area contributed by atoms with Crippen molar-refractivity contribution >= 4 is 18.5 Å². The van der Waals surface area contributed by atoms with E-state index in [1.807, 2.05) is 12.1 Å². The fraction of sp³-hybridized carbons (Fsp3) is 0.538. The number of ether oxygens (including phenoxy) is 1. The highest BCUT2D eigenvalue weighted by Gasteiger charge is 2.42. The molecule has 1 amide bonds. The van der Waals surface area contributed by atoms with E-state index in [0.717, 1.165) is 24.2 Å². The highest BCUT2D eigenvalue weighted by Crippen LogP contribution is 2.49. The summed E-state index contributed by atoms with van der Waals surface area (Å²) in [5.41, 5.74) is 1.16. The Morgan fingerprint density at radius 2 is 2.39 bits per heavy atom. The Bertz CT molecular complexity index is 433. The maximum Gasteiger partial charge on any atom is 0.220 e. The molecule has 1 heterocycles. The average molecular weight is 266 g/mol. The second-order valence-corrected chi connectivity index (χ2v) is 5.13. The summed E-state index contributed by atoms with van der Waals surface area (Å²) in [5, 5.41) is 2.92. The maximum absolute atomic E-state index is 11.8. The van der Waals surface area contributed by atoms with Crippen molar-refractivity contribution in [3.05, 3.63) is 23.9 Å². The third-order valence-electron chi connectivity index (χ3n) is 3.33. The van der Waals surface area contributed by atoms with Crippen LogP contribution in [-0.2, 0) is 11.3 Å². The first-order valence-corrected chi connectivity index (χ1v) is 6.67. The maximum atomic E-state index is 11.8. The normalized spacial score (nSPS) is 16.1. The third-order valence-corrected chi connectivity index (χ3v) is 4.00. The fourth-order valence-electron chi connectivity index (χ4n) is 1.84. The molecular weight excluding hydrogens is 248 g/mol. The van der Waals surface area contributed by atoms with Crippen LogP contribution in [-0.4, -0.2) is 23.8 Å². The van der Waals surface area contributed by atoms with Gasteiger partial charge >= 0.3 is 0 Å². The van der Waals surface area contributed by atoms with E-state index in [4.69, 9.17) is 4.74 Å². The number of hydrogen-bond donors (Lipinski definition) is 2. The Morgan fingerprint density at radius 1 is 1.61 bits per heavy atom. The van der Waals surface area contributed by atoms with Crippen molar-refractivity contribution in [3.63, 3.8) is 0 Å². The number of rotatable bonds is 6. The lowest BCUT2D eigenvalue weighted by Gasteiger charge is -2.11. The molecule has 4 nitrogen and oxygen atoms in total. The summed E-state index contributed by atoms with van der Waals surface area (Å²) in [6.45, 7) is 0.514. The number of methoxy groups -OCH3 is 1. The van der Waals surface area contributed by atoms with Gasteiger partial charge in [-0.1, -0.05) is 0 Å². The summed E-state index contributed by atoms with van der Waals surface area (Å²) in [6.07, 6.45) is 4.50. The zero-order chi connectivity index (χ0) is 13.0. The standard InChI is InChI=1S/C13H18N2O2S/c1-17-12-6-10(2-5-14-12)8-15-11(16)7-13(9-18)3-4-13/h2,5-6,18H,3-4,7-9H2,1H3,(H,15,16). The van der Waals surface area contributed by atoms with E-state index in [0.29, 0.717) is 18.8 Å². The van der Waals surface area contributed by atoms with E-state index in [1.54, 1.807) is 13.3 Å². The number of amides is 1. The quantitative estimate of drug-likeness (QED) is 0.772. The molecule has 0 bridgehead atoms. The highest BCUT2D eigenvalue weighted by atomic mass is 32.1. The van der Waals surface area contributed by atoms with Crippen molar-refractivity contribution in [3.8, 4) is 5.88 Å². The Labute approximate surface area is 113 Å². The van der Waals surface area contributed by atoms with Gasteiger partial charge in [0.25, 0.3) is 0 Å². The lowest BCUT2D eigenvalue weighted by molar-refractivity contribution is -0.122. The van der Waals surface area contributed by atoms with Crippen LogP contribution < -0.4 is 10.1 Å². The van der Waals surface area contributed by atoms with Gasteiger partial charge in [-0.25, -0.2) is 4.98 Å². The number of carbonyl (C=O) groups is 1. The van der Waals surface area contributed by atoms with Crippen molar-refractivity contribution in [2.75, 3.05) is 12.9 Å². The molecule has 18 heavy (non-hydrogen) atoms. The molecule has 0 radical (unpaired) electrons. The van der Waals surface area contributed by atoms with Crippen LogP contribution in [0.15, 0.2) is 18.3 Å². The van der Waals surface area contributed by atoms with Crippen molar-refractivity contribution in [1.29, 1.82) is 0 Å². The molecule has 98 valence electrons. The van der Waals surface area contributed by atoms with Gasteiger partial charge in [0.1, 0.15) is 0 Å². The first kappa shape index (κ1) is 13.2. The molecule has 1 aliphatic carbocycles. The summed E-state index contributed by atoms with van der Waals surface area (Å²) >= 11 is 4.30. The second kappa shape index (κ2) is 5.61. The molecule has 0 atom stereocenters. The van der Waals surface area contributed by atoms with E-state index in [-0.39, 0.29) is 11.3 Å². The van der Waals surface area contributed by atoms with E-state index < -0.39 is 0 Å². The van der Waals surface area contributed by atoms with Gasteiger partial charge in [0, 0.05) is 25.2 Å². The van der Waals surface area contributed by atoms with Crippen LogP contribution >= 0.6 is 12.6 Å². The molecule has 0 unspecified atom stereocenters. The number of hydrogen-bond acceptors (Lipinski definition) is 4. The Balaban J connectivity index is 1.81. The zero-order valence-electron chi connectivity index (χ0n) is 10.5. The first-order valence-electron chi connectivity index (χ1n) is 6.04. The summed E-state index contributed by atoms with van der Waals surface area (Å²) in [7, 11) is 1.58. The minimum atomic E-state index is 0.0947. The molecular formula is C13H18N2O2S. The molecule has 5 heteroatoms. The van der Waals surface area contributed by atoms with E-state index in [2.05, 4.69) is 22.9 Å². The Morgan fingerprint density at radius 3 is 3.00 bits per heavy atom. The van der Waals surface area contributed by atoms with E-state index >= 15 is 0 Å². The summed E-state index contributed by atoms with van der Waals surface area (Å²) in [4.78, 5) is 15.8. The minimum absolute atomic E-state index is 0.0947. The molecule has 1 fully saturated rings. The van der Waals surface area contributed by atoms with E-state index in [9.17, 15) is 4.79 Å². The second-order valence-electron chi connectivity index (χ2n) is 4.82. The molecule has 2 rings (SSSR count). The molecule has 0 aliphatic heterocycles. The van der Waals surface area contributed by atoms with Crippen LogP contribution in [0.4, 0.5) is 0 Å². The Kier molecular flexibility index (Phi) is 4.11. The predicted octanol–water partition coefficient (Wildman–Crippen LogP) is 1.81. The Hall–Kier alpha value is -1.23. The van der Waals surface area contributed by atoms with Crippen molar-refractivity contribution in [2.45, 2.75) is 25.8 Å². The topological polar surface area (TPSA) is 51.2 Å². The number of nitrogens with zero attached hydrogens (tertiary/aromatic N) is 1. The van der Waals surface area contributed by atoms with Gasteiger partial charge in [0.15, 0.2) is 0 Å². The number of carbonyl (C=O) groups excluding carboxylic acids is 1. The van der Waals surface area contributed by atoms with Crippen molar-refractivity contribution in [1.82, 2.24) is 10.3 Å². The molecule has 1 aromatic heterocycles. The van der Waals surface area contributed by atoms with Gasteiger partial charge in [-0.3, -0.25) is 4.79 Å². The van der Waals surface area contributed by atoms with Crippen molar-refractivity contribution < 1.29 is 9.53 Å². The molecule has 0 aromatic carbocycles. The largest absolute Gasteiger partial charge is 0.481 e. The average Bonchev–Trinajstić information content (AvgIpc) is 3.17. The van der Waals surface area contributed by atoms with Gasteiger partial charge < -0.3 is 10.1 Å². The summed E-state index contributed by atoms with van der Waals surface area (Å²) in [5.74, 6) is 1.46. The lowest BCUT2D eigenvalue weighted by atomic mass is 10.1. The monoisotopic (exact) mass is 266 g/mol. The predicted molar refractivity (Wildman–Crippen MR) is 72.8 cm³/mol. The number of aromatic nitrogens is 1. The van der Waals surface area contributed by atoms with Gasteiger partial charge in [-0.05, 0) is 35.6 Å². The summed E-state index contributed by atoms with van der Waals surface area (Å²) in [6, 6.07) is 3.69. The molecule has 1 aromatic rings. The lowest BCUT2D eigenvalue weighted by Crippen LogP contribution is -2.26. The molecule has 1 N–H and O–H groups in total. The third kappa shape index (κ3) is 3.38. The SMILES string of the molecule is COc1cc(CNC(=O)CC2(CS)CC2)ccn1. The summed E-state index contributed by atoms with van der Waals surface area (Å²) < 4.78 is 5.04. The highest BCUT2D eigenvalue weighted by molar-refractivity contribution is 7.80. The molecule has 1 aliphatic rings. The smallest absolute Gasteiger partial charge is 0.220 e. The van der Waals surface area contributed by atoms with Crippen LogP contribution in [0.5, 0.6) is 5.88 Å². The van der Waals surface area contributed by atoms with Gasteiger partial charge in [-0.15, -0.1) is 0 Å². The van der Waals surface area contributed by atoms with Crippen molar-refractivity contribution in [2.24, 2.45) is 5.41 Å². The zero-order valence-corrected chi connectivity index (χ0v) is 11.4. The van der Waals surface area contributed by atoms with E-state index in [1.165, 1.54) is 0 Å². The first-order chi connectivity index (χ1) is 8.67. The fourth-order valence-corrected chi connectivity index (χ4v) is 2.27. The van der Waals surface area contributed by atoms with Crippen LogP contribution in [0.1, 0.15) is 24.8 Å². The molecule has 1 saturated carbocycles. The molecule has 0 saturated heterocycles. The number of nitrogens with one attached hydrogen (secondary N) is 1. The molecule has 0 spiro atoms. The van der Waals surface area contributed by atoms with Crippen LogP contribution in [0.25, 0.3) is 0 Å². The number of pyridine rings is 1. The minimum Gasteiger partial charge on any atom is -0.481 e. The number of thiol groups is 1. The van der Waals surface area contributed by atoms with Crippen LogP contribution in [0.2, 0.25) is 0 Å². The van der Waals surface area contributed by atoms with Crippen LogP contribution in [0.3, 0.4) is 0 Å². The van der Waals surface area contributed by atoms with Gasteiger partial charge in [-0.2, -0.15) is 12.6 Å². The van der Waals surface area contributed by atoms with Crippen LogP contribution in [0, 0.1) is 5.41 Å².